The molecule has 0 saturated carbocycles. The molecule has 2 aromatic rings. The van der Waals surface area contributed by atoms with E-state index in [2.05, 4.69) is 15.4 Å². The number of carbonyl (C=O) groups is 2. The van der Waals surface area contributed by atoms with Gasteiger partial charge in [-0.3, -0.25) is 19.7 Å². The molecule has 2 N–H and O–H groups in total. The van der Waals surface area contributed by atoms with Crippen LogP contribution >= 0.6 is 0 Å². The number of alkyl halides is 3. The Morgan fingerprint density at radius 1 is 0.962 bits per heavy atom. The van der Waals surface area contributed by atoms with Crippen molar-refractivity contribution in [1.29, 1.82) is 0 Å². The molecule has 0 aliphatic rings. The lowest BCUT2D eigenvalue weighted by Gasteiger charge is -2.10. The van der Waals surface area contributed by atoms with Crippen LogP contribution in [0.1, 0.15) is 0 Å². The molecule has 0 aliphatic carbocycles. The Hall–Kier alpha value is -3.63. The van der Waals surface area contributed by atoms with Crippen molar-refractivity contribution in [2.45, 2.75) is 6.36 Å². The van der Waals surface area contributed by atoms with Crippen LogP contribution in [0.15, 0.2) is 48.5 Å². The van der Waals surface area contributed by atoms with E-state index in [0.717, 1.165) is 30.3 Å². The van der Waals surface area contributed by atoms with E-state index < -0.39 is 28.8 Å². The maximum Gasteiger partial charge on any atom is 0.573 e. The molecule has 2 rings (SSSR count). The summed E-state index contributed by atoms with van der Waals surface area (Å²) in [6, 6.07) is 9.09. The number of benzene rings is 2. The second-order valence-electron chi connectivity index (χ2n) is 4.79. The van der Waals surface area contributed by atoms with Crippen LogP contribution in [0.2, 0.25) is 0 Å². The van der Waals surface area contributed by atoms with Crippen molar-refractivity contribution in [3.63, 3.8) is 0 Å². The van der Waals surface area contributed by atoms with Crippen LogP contribution in [0.4, 0.5) is 30.2 Å². The molecule has 11 heteroatoms. The summed E-state index contributed by atoms with van der Waals surface area (Å²) in [5.74, 6) is -2.71. The van der Waals surface area contributed by atoms with Crippen LogP contribution in [0.5, 0.6) is 5.75 Å². The quantitative estimate of drug-likeness (QED) is 0.489. The zero-order valence-corrected chi connectivity index (χ0v) is 12.7. The Kier molecular flexibility index (Phi) is 5.40. The fourth-order valence-corrected chi connectivity index (χ4v) is 1.81. The van der Waals surface area contributed by atoms with Crippen LogP contribution in [0.25, 0.3) is 0 Å². The largest absolute Gasteiger partial charge is 0.573 e. The van der Waals surface area contributed by atoms with Crippen molar-refractivity contribution in [3.05, 3.63) is 58.6 Å². The molecule has 0 radical (unpaired) electrons. The number of nitrogens with zero attached hydrogens (tertiary/aromatic N) is 1. The third kappa shape index (κ3) is 5.47. The van der Waals surface area contributed by atoms with E-state index in [1.165, 1.54) is 18.2 Å². The van der Waals surface area contributed by atoms with Gasteiger partial charge in [-0.2, -0.15) is 0 Å². The van der Waals surface area contributed by atoms with Crippen LogP contribution in [0.3, 0.4) is 0 Å². The summed E-state index contributed by atoms with van der Waals surface area (Å²) in [5, 5.41) is 15.0. The first-order valence-electron chi connectivity index (χ1n) is 6.86. The van der Waals surface area contributed by atoms with E-state index in [0.29, 0.717) is 0 Å². The van der Waals surface area contributed by atoms with Crippen LogP contribution in [-0.2, 0) is 9.59 Å². The molecule has 0 aliphatic heterocycles. The van der Waals surface area contributed by atoms with Crippen LogP contribution in [0, 0.1) is 10.1 Å². The van der Waals surface area contributed by atoms with E-state index >= 15 is 0 Å². The predicted octanol–water partition coefficient (Wildman–Crippen LogP) is 3.07. The summed E-state index contributed by atoms with van der Waals surface area (Å²) in [4.78, 5) is 33.6. The molecule has 0 aromatic heterocycles. The maximum atomic E-state index is 12.1. The molecule has 8 nitrogen and oxygen atoms in total. The van der Waals surface area contributed by atoms with E-state index in [1.54, 1.807) is 0 Å². The first-order chi connectivity index (χ1) is 12.1. The van der Waals surface area contributed by atoms with Crippen LogP contribution < -0.4 is 15.4 Å². The lowest BCUT2D eigenvalue weighted by molar-refractivity contribution is -0.384. The van der Waals surface area contributed by atoms with Gasteiger partial charge < -0.3 is 15.4 Å². The first kappa shape index (κ1) is 18.7. The molecule has 0 saturated heterocycles. The molecule has 0 bridgehead atoms. The number of nitrogens with one attached hydrogen (secondary N) is 2. The number of amides is 2. The number of halogens is 3. The number of rotatable bonds is 4. The number of nitro benzene ring substituents is 1. The van der Waals surface area contributed by atoms with Gasteiger partial charge >= 0.3 is 18.2 Å². The normalized spacial score (nSPS) is 10.7. The van der Waals surface area contributed by atoms with Gasteiger partial charge in [-0.05, 0) is 30.3 Å². The van der Waals surface area contributed by atoms with Crippen LogP contribution in [-0.4, -0.2) is 23.1 Å². The summed E-state index contributed by atoms with van der Waals surface area (Å²) >= 11 is 0. The SMILES string of the molecule is O=C(Nc1ccc(OC(F)(F)F)cc1)C(=O)Nc1cccc([N+](=O)[O-])c1. The number of ether oxygens (including phenoxy) is 1. The number of non-ortho nitro benzene ring substituents is 1. The average Bonchev–Trinajstić information content (AvgIpc) is 2.55. The topological polar surface area (TPSA) is 111 Å². The van der Waals surface area contributed by atoms with E-state index in [-0.39, 0.29) is 17.1 Å². The summed E-state index contributed by atoms with van der Waals surface area (Å²) < 4.78 is 39.8. The average molecular weight is 369 g/mol. The second-order valence-corrected chi connectivity index (χ2v) is 4.79. The van der Waals surface area contributed by atoms with Crippen molar-refractivity contribution in [1.82, 2.24) is 0 Å². The molecule has 2 amide bonds. The maximum absolute atomic E-state index is 12.1. The van der Waals surface area contributed by atoms with Crippen molar-refractivity contribution >= 4 is 28.9 Å². The van der Waals surface area contributed by atoms with E-state index in [4.69, 9.17) is 0 Å². The molecule has 136 valence electrons. The van der Waals surface area contributed by atoms with Gasteiger partial charge in [0.2, 0.25) is 0 Å². The Labute approximate surface area is 143 Å². The number of hydrogen-bond donors (Lipinski definition) is 2. The Morgan fingerprint density at radius 2 is 1.54 bits per heavy atom. The molecule has 0 atom stereocenters. The highest BCUT2D eigenvalue weighted by atomic mass is 19.4. The summed E-state index contributed by atoms with van der Waals surface area (Å²) in [6.07, 6.45) is -4.84. The smallest absolute Gasteiger partial charge is 0.406 e. The summed E-state index contributed by atoms with van der Waals surface area (Å²) in [6.45, 7) is 0. The number of carbonyl (C=O) groups excluding carboxylic acids is 2. The summed E-state index contributed by atoms with van der Waals surface area (Å²) in [5.41, 5.74) is -0.185. The summed E-state index contributed by atoms with van der Waals surface area (Å²) in [7, 11) is 0. The molecular formula is C15H10F3N3O5. The number of anilines is 2. The molecule has 2 aromatic carbocycles. The lowest BCUT2D eigenvalue weighted by atomic mass is 10.2. The van der Waals surface area contributed by atoms with Gasteiger partial charge in [-0.25, -0.2) is 0 Å². The number of nitro groups is 1. The minimum atomic E-state index is -4.84. The van der Waals surface area contributed by atoms with Gasteiger partial charge in [0, 0.05) is 23.5 Å². The molecule has 0 heterocycles. The van der Waals surface area contributed by atoms with E-state index in [9.17, 15) is 32.9 Å². The molecule has 0 spiro atoms. The monoisotopic (exact) mass is 369 g/mol. The Bertz CT molecular complexity index is 837. The third-order valence-electron chi connectivity index (χ3n) is 2.87. The Morgan fingerprint density at radius 3 is 2.08 bits per heavy atom. The minimum absolute atomic E-state index is 0.0354. The third-order valence-corrected chi connectivity index (χ3v) is 2.87. The second kappa shape index (κ2) is 7.51. The number of hydrogen-bond acceptors (Lipinski definition) is 5. The van der Waals surface area contributed by atoms with Crippen molar-refractivity contribution in [3.8, 4) is 5.75 Å². The highest BCUT2D eigenvalue weighted by molar-refractivity contribution is 6.43. The van der Waals surface area contributed by atoms with Gasteiger partial charge in [0.25, 0.3) is 5.69 Å². The zero-order valence-electron chi connectivity index (χ0n) is 12.7. The van der Waals surface area contributed by atoms with Gasteiger partial charge in [0.05, 0.1) is 4.92 Å². The van der Waals surface area contributed by atoms with Crippen molar-refractivity contribution < 1.29 is 32.4 Å². The fourth-order valence-electron chi connectivity index (χ4n) is 1.81. The van der Waals surface area contributed by atoms with Crippen molar-refractivity contribution in [2.24, 2.45) is 0 Å². The van der Waals surface area contributed by atoms with Crippen molar-refractivity contribution in [2.75, 3.05) is 10.6 Å². The van der Waals surface area contributed by atoms with E-state index in [1.807, 2.05) is 0 Å². The van der Waals surface area contributed by atoms with Gasteiger partial charge in [0.1, 0.15) is 5.75 Å². The Balaban J connectivity index is 1.97. The lowest BCUT2D eigenvalue weighted by Crippen LogP contribution is -2.29. The minimum Gasteiger partial charge on any atom is -0.406 e. The first-order valence-corrected chi connectivity index (χ1v) is 6.86. The fraction of sp³-hybridized carbons (Fsp3) is 0.0667. The van der Waals surface area contributed by atoms with Gasteiger partial charge in [-0.1, -0.05) is 6.07 Å². The molecule has 0 fully saturated rings. The highest BCUT2D eigenvalue weighted by Crippen LogP contribution is 2.24. The molecule has 0 unspecified atom stereocenters. The standard InChI is InChI=1S/C15H10F3N3O5/c16-15(17,18)26-12-6-4-9(5-7-12)19-13(22)14(23)20-10-2-1-3-11(8-10)21(24)25/h1-8H,(H,19,22)(H,20,23). The predicted molar refractivity (Wildman–Crippen MR) is 83.5 cm³/mol. The molecule has 26 heavy (non-hydrogen) atoms. The highest BCUT2D eigenvalue weighted by Gasteiger charge is 2.31. The molecular weight excluding hydrogens is 359 g/mol. The van der Waals surface area contributed by atoms with Gasteiger partial charge in [-0.15, -0.1) is 13.2 Å². The zero-order chi connectivity index (χ0) is 19.3. The van der Waals surface area contributed by atoms with Gasteiger partial charge in [0.15, 0.2) is 0 Å².